The zero-order valence-corrected chi connectivity index (χ0v) is 26.7. The molecule has 5 fully saturated rings. The molecule has 1 aromatic carbocycles. The van der Waals surface area contributed by atoms with Crippen molar-refractivity contribution in [3.8, 4) is 23.0 Å². The summed E-state index contributed by atoms with van der Waals surface area (Å²) < 4.78 is 87.8. The van der Waals surface area contributed by atoms with Crippen LogP contribution in [0.2, 0.25) is 5.02 Å². The number of nitrogens with one attached hydrogen (secondary N) is 1. The average molecular weight is 680 g/mol. The molecular formula is C32H35ClF5N7O2. The van der Waals surface area contributed by atoms with Crippen LogP contribution in [0.4, 0.5) is 33.6 Å². The number of aromatic nitrogens is 3. The number of nitrogens with two attached hydrogens (primary N) is 1. The zero-order valence-electron chi connectivity index (χ0n) is 25.9. The fourth-order valence-electron chi connectivity index (χ4n) is 8.83. The van der Waals surface area contributed by atoms with Crippen LogP contribution in [0.15, 0.2) is 6.07 Å². The first-order valence-electron chi connectivity index (χ1n) is 16.1. The van der Waals surface area contributed by atoms with Gasteiger partial charge in [-0.2, -0.15) is 23.1 Å². The quantitative estimate of drug-likeness (QED) is 0.337. The van der Waals surface area contributed by atoms with E-state index in [2.05, 4.69) is 25.1 Å². The number of rotatable bonds is 4. The Morgan fingerprint density at radius 2 is 2.02 bits per heavy atom. The summed E-state index contributed by atoms with van der Waals surface area (Å²) >= 11 is 6.90. The van der Waals surface area contributed by atoms with Crippen LogP contribution in [0.3, 0.4) is 0 Å². The van der Waals surface area contributed by atoms with E-state index in [0.717, 1.165) is 44.8 Å². The number of nitrogen functional groups attached to an aromatic ring is 1. The Hall–Kier alpha value is -3.23. The fraction of sp³-hybridized carbons (Fsp3) is 0.594. The Kier molecular flexibility index (Phi) is 7.20. The van der Waals surface area contributed by atoms with Gasteiger partial charge in [-0.3, -0.25) is 4.90 Å². The first-order chi connectivity index (χ1) is 22.3. The summed E-state index contributed by atoms with van der Waals surface area (Å²) in [6.45, 7) is 5.55. The van der Waals surface area contributed by atoms with Crippen LogP contribution in [-0.4, -0.2) is 82.5 Å². The number of hydrogen-bond donors (Lipinski definition) is 2. The molecule has 3 N–H and O–H groups in total. The van der Waals surface area contributed by atoms with Crippen LogP contribution in [-0.2, 0) is 6.18 Å². The summed E-state index contributed by atoms with van der Waals surface area (Å²) in [5.74, 6) is -0.882. The number of aryl methyl sites for hydroxylation is 1. The maximum absolute atomic E-state index is 17.0. The lowest BCUT2D eigenvalue weighted by atomic mass is 9.88. The molecule has 6 aliphatic rings. The molecule has 5 saturated heterocycles. The number of piperidine rings is 1. The lowest BCUT2D eigenvalue weighted by molar-refractivity contribution is -0.137. The number of benzene rings is 1. The summed E-state index contributed by atoms with van der Waals surface area (Å²) in [6, 6.07) is 0.860. The second kappa shape index (κ2) is 10.9. The van der Waals surface area contributed by atoms with Gasteiger partial charge in [0, 0.05) is 32.1 Å². The molecule has 0 saturated carbocycles. The monoisotopic (exact) mass is 679 g/mol. The van der Waals surface area contributed by atoms with Crippen molar-refractivity contribution in [3.63, 3.8) is 0 Å². The molecule has 252 valence electrons. The van der Waals surface area contributed by atoms with Crippen molar-refractivity contribution in [3.05, 3.63) is 28.0 Å². The van der Waals surface area contributed by atoms with Crippen LogP contribution < -0.4 is 25.4 Å². The van der Waals surface area contributed by atoms with Gasteiger partial charge in [-0.05, 0) is 63.6 Å². The number of ether oxygens (including phenoxy) is 2. The van der Waals surface area contributed by atoms with Gasteiger partial charge in [0.05, 0.1) is 38.8 Å². The van der Waals surface area contributed by atoms with Gasteiger partial charge in [0.1, 0.15) is 36.0 Å². The third kappa shape index (κ3) is 4.87. The normalized spacial score (nSPS) is 30.2. The van der Waals surface area contributed by atoms with Crippen molar-refractivity contribution in [1.82, 2.24) is 25.2 Å². The third-order valence-corrected chi connectivity index (χ3v) is 11.2. The van der Waals surface area contributed by atoms with Crippen LogP contribution in [0.5, 0.6) is 11.8 Å². The highest BCUT2D eigenvalue weighted by molar-refractivity contribution is 6.36. The largest absolute Gasteiger partial charge is 0.486 e. The highest BCUT2D eigenvalue weighted by atomic mass is 35.5. The lowest BCUT2D eigenvalue weighted by Gasteiger charge is -2.36. The molecule has 2 bridgehead atoms. The number of alkyl halides is 4. The first-order valence-corrected chi connectivity index (χ1v) is 16.5. The molecule has 15 heteroatoms. The predicted molar refractivity (Wildman–Crippen MR) is 166 cm³/mol. The number of hydrogen-bond acceptors (Lipinski definition) is 9. The molecule has 6 atom stereocenters. The van der Waals surface area contributed by atoms with Crippen molar-refractivity contribution in [2.24, 2.45) is 5.92 Å². The molecule has 47 heavy (non-hydrogen) atoms. The fourth-order valence-corrected chi connectivity index (χ4v) is 9.14. The minimum atomic E-state index is -4.90. The molecular weight excluding hydrogens is 645 g/mol. The van der Waals surface area contributed by atoms with Crippen molar-refractivity contribution >= 4 is 34.1 Å². The number of anilines is 2. The molecule has 0 amide bonds. The Bertz CT molecular complexity index is 1770. The van der Waals surface area contributed by atoms with E-state index in [1.54, 1.807) is 0 Å². The molecule has 2 aromatic heterocycles. The van der Waals surface area contributed by atoms with Gasteiger partial charge in [0.25, 0.3) is 0 Å². The highest BCUT2D eigenvalue weighted by Gasteiger charge is 2.50. The van der Waals surface area contributed by atoms with Gasteiger partial charge >= 0.3 is 12.2 Å². The van der Waals surface area contributed by atoms with E-state index < -0.39 is 46.6 Å². The Morgan fingerprint density at radius 3 is 2.77 bits per heavy atom. The molecule has 0 aliphatic carbocycles. The minimum absolute atomic E-state index is 0.0179. The number of pyridine rings is 1. The maximum Gasteiger partial charge on any atom is 0.418 e. The average Bonchev–Trinajstić information content (AvgIpc) is 3.32. The van der Waals surface area contributed by atoms with Crippen molar-refractivity contribution in [2.45, 2.75) is 82.0 Å². The molecule has 9 rings (SSSR count). The van der Waals surface area contributed by atoms with Crippen molar-refractivity contribution in [2.75, 3.05) is 43.4 Å². The molecule has 6 aliphatic heterocycles. The predicted octanol–water partition coefficient (Wildman–Crippen LogP) is 5.69. The van der Waals surface area contributed by atoms with Gasteiger partial charge in [0.2, 0.25) is 0 Å². The molecule has 0 spiro atoms. The molecule has 3 aromatic rings. The summed E-state index contributed by atoms with van der Waals surface area (Å²) in [5, 5.41) is 3.37. The SMILES string of the molecule is Cc1cc(N)nc(-c2c(Cl)c3c4c(nc(OC[C@@]56CCCN5C[C@H](F)C6)nc4c2F)N2CC4CC[C@H](CN4)[C@H]2[C@H](C)O3)c1C(F)(F)F. The Labute approximate surface area is 273 Å². The van der Waals surface area contributed by atoms with Gasteiger partial charge in [-0.1, -0.05) is 11.6 Å². The van der Waals surface area contributed by atoms with Crippen molar-refractivity contribution in [1.29, 1.82) is 0 Å². The van der Waals surface area contributed by atoms with Gasteiger partial charge in [0.15, 0.2) is 11.6 Å². The minimum Gasteiger partial charge on any atom is -0.486 e. The molecule has 8 heterocycles. The summed E-state index contributed by atoms with van der Waals surface area (Å²) in [5.41, 5.74) is 2.32. The first kappa shape index (κ1) is 31.1. The zero-order chi connectivity index (χ0) is 33.0. The Balaban J connectivity index is 1.36. The van der Waals surface area contributed by atoms with Crippen LogP contribution >= 0.6 is 11.6 Å². The lowest BCUT2D eigenvalue weighted by Crippen LogP contribution is -2.49. The van der Waals surface area contributed by atoms with Gasteiger partial charge in [-0.15, -0.1) is 0 Å². The van der Waals surface area contributed by atoms with E-state index in [0.29, 0.717) is 25.3 Å². The van der Waals surface area contributed by atoms with E-state index in [1.807, 2.05) is 6.92 Å². The van der Waals surface area contributed by atoms with E-state index >= 15 is 4.39 Å². The maximum atomic E-state index is 17.0. The summed E-state index contributed by atoms with van der Waals surface area (Å²) in [6.07, 6.45) is -2.58. The highest BCUT2D eigenvalue weighted by Crippen LogP contribution is 2.52. The number of fused-ring (bicyclic) bond motifs is 3. The standard InChI is InChI=1S/C32H35ClF5N7O2/c1-14-8-19(39)41-25(22(14)32(36,37)38)20-23(33)28-21-26(24(20)35)42-30(46-13-31-6-3-7-44(31)11-17(34)9-31)43-29(21)45-12-18-5-4-16(10-40-18)27(45)15(2)47-28/h8,15-18,27,40H,3-7,9-13H2,1-2H3,(H2,39,41)/t15-,16+,17+,18?,27+,31-/m0/s1. The topological polar surface area (TPSA) is 102 Å². The van der Waals surface area contributed by atoms with Crippen LogP contribution in [0.1, 0.15) is 50.2 Å². The smallest absolute Gasteiger partial charge is 0.418 e. The van der Waals surface area contributed by atoms with Gasteiger partial charge in [-0.25, -0.2) is 13.8 Å². The Morgan fingerprint density at radius 1 is 1.21 bits per heavy atom. The molecule has 1 unspecified atom stereocenters. The van der Waals surface area contributed by atoms with E-state index in [-0.39, 0.29) is 63.7 Å². The van der Waals surface area contributed by atoms with E-state index in [4.69, 9.17) is 31.8 Å². The number of nitrogens with zero attached hydrogens (tertiary/aromatic N) is 5. The summed E-state index contributed by atoms with van der Waals surface area (Å²) in [4.78, 5) is 17.5. The van der Waals surface area contributed by atoms with E-state index in [9.17, 15) is 17.6 Å². The van der Waals surface area contributed by atoms with Gasteiger partial charge < -0.3 is 25.4 Å². The van der Waals surface area contributed by atoms with Crippen LogP contribution in [0, 0.1) is 18.7 Å². The molecule has 9 nitrogen and oxygen atoms in total. The third-order valence-electron chi connectivity index (χ3n) is 10.8. The second-order valence-electron chi connectivity index (χ2n) is 13.7. The molecule has 0 radical (unpaired) electrons. The number of halogens is 6. The summed E-state index contributed by atoms with van der Waals surface area (Å²) in [7, 11) is 0. The van der Waals surface area contributed by atoms with Crippen molar-refractivity contribution < 1.29 is 31.4 Å². The van der Waals surface area contributed by atoms with Crippen LogP contribution in [0.25, 0.3) is 22.2 Å². The second-order valence-corrected chi connectivity index (χ2v) is 14.1. The van der Waals surface area contributed by atoms with E-state index in [1.165, 1.54) is 6.92 Å².